The van der Waals surface area contributed by atoms with Gasteiger partial charge in [-0.25, -0.2) is 19.2 Å². The van der Waals surface area contributed by atoms with Crippen LogP contribution in [0, 0.1) is 18.8 Å². The zero-order valence-electron chi connectivity index (χ0n) is 36.9. The maximum Gasteiger partial charge on any atom is 0.419 e. The summed E-state index contributed by atoms with van der Waals surface area (Å²) >= 11 is 0. The summed E-state index contributed by atoms with van der Waals surface area (Å²) in [5.74, 6) is -1.45. The van der Waals surface area contributed by atoms with Crippen molar-refractivity contribution in [1.29, 1.82) is 0 Å². The molecule has 1 N–H and O–H groups in total. The molecule has 344 valence electrons. The van der Waals surface area contributed by atoms with E-state index in [1.54, 1.807) is 37.0 Å². The maximum absolute atomic E-state index is 13.8. The Morgan fingerprint density at radius 1 is 0.841 bits per heavy atom. The number of piperidine rings is 3. The Bertz CT molecular complexity index is 2180. The van der Waals surface area contributed by atoms with Crippen LogP contribution in [-0.4, -0.2) is 144 Å². The van der Waals surface area contributed by atoms with Gasteiger partial charge in [-0.3, -0.25) is 19.0 Å². The molecule has 5 heterocycles. The van der Waals surface area contributed by atoms with Crippen LogP contribution in [0.15, 0.2) is 45.6 Å². The molecule has 0 radical (unpaired) electrons. The third-order valence-corrected chi connectivity index (χ3v) is 12.5. The van der Waals surface area contributed by atoms with Crippen molar-refractivity contribution in [1.82, 2.24) is 29.1 Å². The van der Waals surface area contributed by atoms with E-state index >= 15 is 0 Å². The van der Waals surface area contributed by atoms with Gasteiger partial charge in [0.2, 0.25) is 0 Å². The van der Waals surface area contributed by atoms with Gasteiger partial charge in [0.1, 0.15) is 0 Å². The van der Waals surface area contributed by atoms with Crippen molar-refractivity contribution in [3.05, 3.63) is 63.6 Å². The molecule has 3 saturated heterocycles. The number of likely N-dealkylation sites (tertiary alicyclic amines) is 3. The van der Waals surface area contributed by atoms with Crippen molar-refractivity contribution >= 4 is 52.6 Å². The van der Waals surface area contributed by atoms with Crippen LogP contribution in [0.1, 0.15) is 76.5 Å². The van der Waals surface area contributed by atoms with Gasteiger partial charge in [0.05, 0.1) is 5.52 Å². The van der Waals surface area contributed by atoms with Crippen LogP contribution in [0.2, 0.25) is 0 Å². The smallest absolute Gasteiger partial charge is 0.419 e. The highest BCUT2D eigenvalue weighted by molar-refractivity contribution is 6.32. The van der Waals surface area contributed by atoms with E-state index in [9.17, 15) is 33.6 Å². The molecule has 3 fully saturated rings. The first kappa shape index (κ1) is 48.2. The fraction of sp³-hybridized carbons (Fsp3) is 0.587. The number of aryl methyl sites for hydroxylation is 2. The second kappa shape index (κ2) is 21.5. The Morgan fingerprint density at radius 3 is 2.08 bits per heavy atom. The minimum absolute atomic E-state index is 0. The lowest BCUT2D eigenvalue weighted by Gasteiger charge is -2.38. The highest BCUT2D eigenvalue weighted by atomic mass is 16.6. The van der Waals surface area contributed by atoms with Crippen molar-refractivity contribution in [2.75, 3.05) is 71.8 Å². The highest BCUT2D eigenvalue weighted by Gasteiger charge is 2.36. The van der Waals surface area contributed by atoms with Crippen molar-refractivity contribution in [2.45, 2.75) is 91.7 Å². The van der Waals surface area contributed by atoms with Crippen molar-refractivity contribution in [3.63, 3.8) is 0 Å². The number of esters is 1. The molecule has 1 atom stereocenters. The minimum Gasteiger partial charge on any atom is -0.448 e. The number of nitrogens with one attached hydrogen (secondary N) is 1. The number of para-hydroxylation sites is 1. The molecule has 4 aliphatic heterocycles. The molecule has 7 rings (SSSR count). The number of rotatable bonds is 7. The zero-order chi connectivity index (χ0) is 44.7. The number of amides is 6. The van der Waals surface area contributed by atoms with Gasteiger partial charge < -0.3 is 43.7 Å². The molecule has 0 bridgehead atoms. The second-order valence-electron chi connectivity index (χ2n) is 17.4. The van der Waals surface area contributed by atoms with E-state index in [1.165, 1.54) is 14.4 Å². The number of nitrogens with zero attached hydrogens (tertiary/aromatic N) is 6. The number of anilines is 1. The highest BCUT2D eigenvalue weighted by Crippen LogP contribution is 2.27. The SMILES string of the molecule is C.CC1CCN(C(=O)C(=O)OCC(=O)N(C)C)CC1.Cc1cc(C[C@@H](OC(=O)N2CCC(N3CCc4ccccc4NC3=O)CC2)C(=O)N2CCC(C)CC2)cc2oc(=O)n(C)c12. The fourth-order valence-corrected chi connectivity index (χ4v) is 8.48. The minimum atomic E-state index is -1.00. The van der Waals surface area contributed by atoms with Crippen LogP contribution in [0.25, 0.3) is 11.1 Å². The molecule has 63 heavy (non-hydrogen) atoms. The largest absolute Gasteiger partial charge is 0.448 e. The third kappa shape index (κ3) is 12.0. The van der Waals surface area contributed by atoms with Gasteiger partial charge in [-0.15, -0.1) is 0 Å². The van der Waals surface area contributed by atoms with Gasteiger partial charge in [-0.2, -0.15) is 0 Å². The zero-order valence-corrected chi connectivity index (χ0v) is 36.9. The molecular weight excluding hydrogens is 811 g/mol. The lowest BCUT2D eigenvalue weighted by molar-refractivity contribution is -0.163. The lowest BCUT2D eigenvalue weighted by Crippen LogP contribution is -2.51. The van der Waals surface area contributed by atoms with Crippen LogP contribution in [0.3, 0.4) is 0 Å². The average Bonchev–Trinajstić information content (AvgIpc) is 3.43. The summed E-state index contributed by atoms with van der Waals surface area (Å²) in [4.78, 5) is 94.9. The first-order chi connectivity index (χ1) is 29.6. The number of fused-ring (bicyclic) bond motifs is 2. The summed E-state index contributed by atoms with van der Waals surface area (Å²) in [6, 6.07) is 11.4. The van der Waals surface area contributed by atoms with E-state index in [0.717, 1.165) is 54.5 Å². The van der Waals surface area contributed by atoms with Crippen LogP contribution in [-0.2, 0) is 48.5 Å². The Morgan fingerprint density at radius 2 is 1.44 bits per heavy atom. The fourth-order valence-electron chi connectivity index (χ4n) is 8.48. The van der Waals surface area contributed by atoms with Gasteiger partial charge in [0, 0.05) is 85.1 Å². The van der Waals surface area contributed by atoms with Gasteiger partial charge in [0.25, 0.3) is 11.8 Å². The molecule has 6 amide bonds. The first-order valence-corrected chi connectivity index (χ1v) is 21.7. The van der Waals surface area contributed by atoms with Gasteiger partial charge in [-0.05, 0) is 92.5 Å². The molecule has 3 aromatic rings. The van der Waals surface area contributed by atoms with E-state index in [0.29, 0.717) is 81.6 Å². The number of oxazole rings is 1. The molecule has 17 heteroatoms. The molecule has 0 saturated carbocycles. The number of hydrogen-bond acceptors (Lipinski definition) is 10. The number of benzene rings is 2. The number of ether oxygens (including phenoxy) is 2. The molecular formula is C46H65N7O10. The topological polar surface area (TPSA) is 184 Å². The Labute approximate surface area is 369 Å². The third-order valence-electron chi connectivity index (χ3n) is 12.5. The molecule has 1 aromatic heterocycles. The maximum atomic E-state index is 13.8. The van der Waals surface area contributed by atoms with E-state index < -0.39 is 29.8 Å². The molecule has 2 aromatic carbocycles. The summed E-state index contributed by atoms with van der Waals surface area (Å²) in [5.41, 5.74) is 4.72. The van der Waals surface area contributed by atoms with Gasteiger partial charge in [-0.1, -0.05) is 45.5 Å². The van der Waals surface area contributed by atoms with Gasteiger partial charge in [0.15, 0.2) is 18.3 Å². The molecule has 0 spiro atoms. The number of carbonyl (C=O) groups is 6. The molecule has 4 aliphatic rings. The predicted octanol–water partition coefficient (Wildman–Crippen LogP) is 4.81. The lowest BCUT2D eigenvalue weighted by atomic mass is 9.98. The number of urea groups is 1. The summed E-state index contributed by atoms with van der Waals surface area (Å²) < 4.78 is 17.6. The molecule has 0 aliphatic carbocycles. The van der Waals surface area contributed by atoms with Crippen LogP contribution < -0.4 is 11.1 Å². The monoisotopic (exact) mass is 875 g/mol. The first-order valence-electron chi connectivity index (χ1n) is 21.7. The summed E-state index contributed by atoms with van der Waals surface area (Å²) in [7, 11) is 4.78. The normalized spacial score (nSPS) is 17.9. The Kier molecular flexibility index (Phi) is 16.4. The second-order valence-corrected chi connectivity index (χ2v) is 17.4. The van der Waals surface area contributed by atoms with Gasteiger partial charge >= 0.3 is 29.8 Å². The van der Waals surface area contributed by atoms with E-state index in [-0.39, 0.29) is 44.3 Å². The van der Waals surface area contributed by atoms with Crippen LogP contribution in [0.4, 0.5) is 15.3 Å². The Balaban J connectivity index is 0.000000333. The quantitative estimate of drug-likeness (QED) is 0.255. The number of aromatic nitrogens is 1. The number of likely N-dealkylation sites (N-methyl/N-ethyl adjacent to an activating group) is 1. The van der Waals surface area contributed by atoms with Crippen LogP contribution in [0.5, 0.6) is 0 Å². The van der Waals surface area contributed by atoms with Crippen molar-refractivity contribution in [3.8, 4) is 0 Å². The average molecular weight is 876 g/mol. The van der Waals surface area contributed by atoms with E-state index in [1.807, 2.05) is 42.2 Å². The Hall–Kier alpha value is -5.87. The summed E-state index contributed by atoms with van der Waals surface area (Å²) in [6.07, 6.45) is 4.30. The van der Waals surface area contributed by atoms with Crippen LogP contribution >= 0.6 is 0 Å². The standard InChI is InChI=1S/C33H41N5O6.C12H20N2O4.CH4/c1-21-8-13-36(14-9-21)30(39)28(20-23-18-22(2)29-27(19-23)43-32(41)35(29)3)44-33(42)37-15-11-25(12-16-37)38-17-10-24-6-4-5-7-26(24)34-31(38)40;1-9-4-6-14(7-5-9)11(16)12(17)18-8-10(15)13(2)3;/h4-7,18-19,21,25,28H,8-17,20H2,1-3H3,(H,34,40);9H,4-8H2,1-3H3;1H4/t28-;;/m1../s1. The van der Waals surface area contributed by atoms with Crippen molar-refractivity contribution in [2.24, 2.45) is 18.9 Å². The number of carbonyl (C=O) groups excluding carboxylic acids is 6. The molecule has 0 unspecified atom stereocenters. The van der Waals surface area contributed by atoms with Crippen molar-refractivity contribution < 1.29 is 42.7 Å². The van der Waals surface area contributed by atoms with E-state index in [4.69, 9.17) is 9.15 Å². The summed E-state index contributed by atoms with van der Waals surface area (Å²) in [6.45, 7) is 9.72. The molecule has 17 nitrogen and oxygen atoms in total. The predicted molar refractivity (Wildman–Crippen MR) is 237 cm³/mol. The number of hydrogen-bond donors (Lipinski definition) is 1. The van der Waals surface area contributed by atoms with E-state index in [2.05, 4.69) is 23.9 Å². The summed E-state index contributed by atoms with van der Waals surface area (Å²) in [5, 5.41) is 3.03.